The first kappa shape index (κ1) is 15.2. The highest BCUT2D eigenvalue weighted by atomic mass is 16.6. The zero-order chi connectivity index (χ0) is 16.6. The average Bonchev–Trinajstić information content (AvgIpc) is 3.06. The molecule has 1 aromatic carbocycles. The molecular formula is C16H18N4O3. The van der Waals surface area contributed by atoms with Gasteiger partial charge in [0.1, 0.15) is 0 Å². The van der Waals surface area contributed by atoms with Gasteiger partial charge in [0.25, 0.3) is 5.69 Å². The third kappa shape index (κ3) is 2.94. The van der Waals surface area contributed by atoms with E-state index in [4.69, 9.17) is 0 Å². The minimum Gasteiger partial charge on any atom is -0.309 e. The van der Waals surface area contributed by atoms with Crippen LogP contribution in [0.4, 0.5) is 11.4 Å². The van der Waals surface area contributed by atoms with Crippen LogP contribution in [0, 0.1) is 17.0 Å². The zero-order valence-electron chi connectivity index (χ0n) is 13.1. The van der Waals surface area contributed by atoms with E-state index >= 15 is 0 Å². The van der Waals surface area contributed by atoms with Gasteiger partial charge in [0, 0.05) is 43.0 Å². The van der Waals surface area contributed by atoms with Gasteiger partial charge in [-0.1, -0.05) is 0 Å². The van der Waals surface area contributed by atoms with E-state index in [-0.39, 0.29) is 17.6 Å². The number of rotatable bonds is 4. The Balaban J connectivity index is 1.75. The van der Waals surface area contributed by atoms with E-state index in [0.717, 1.165) is 16.8 Å². The second kappa shape index (κ2) is 5.83. The van der Waals surface area contributed by atoms with Gasteiger partial charge in [-0.25, -0.2) is 0 Å². The Morgan fingerprint density at radius 2 is 2.26 bits per heavy atom. The van der Waals surface area contributed by atoms with Gasteiger partial charge < -0.3 is 4.90 Å². The number of carbonyl (C=O) groups excluding carboxylic acids is 1. The summed E-state index contributed by atoms with van der Waals surface area (Å²) in [6, 6.07) is 4.70. The molecule has 1 atom stereocenters. The summed E-state index contributed by atoms with van der Waals surface area (Å²) in [4.78, 5) is 24.8. The topological polar surface area (TPSA) is 81.3 Å². The van der Waals surface area contributed by atoms with Crippen molar-refractivity contribution in [3.63, 3.8) is 0 Å². The van der Waals surface area contributed by atoms with Crippen molar-refractivity contribution in [3.05, 3.63) is 51.8 Å². The second-order valence-electron chi connectivity index (χ2n) is 5.92. The minimum absolute atomic E-state index is 0.0123. The van der Waals surface area contributed by atoms with Crippen molar-refractivity contribution in [3.8, 4) is 0 Å². The number of non-ortho nitro benzene ring substituents is 1. The van der Waals surface area contributed by atoms with Gasteiger partial charge in [-0.3, -0.25) is 19.6 Å². The maximum Gasteiger partial charge on any atom is 0.269 e. The lowest BCUT2D eigenvalue weighted by molar-refractivity contribution is -0.384. The van der Waals surface area contributed by atoms with Gasteiger partial charge in [-0.15, -0.1) is 0 Å². The predicted molar refractivity (Wildman–Crippen MR) is 85.3 cm³/mol. The van der Waals surface area contributed by atoms with E-state index in [1.807, 2.05) is 20.0 Å². The number of amides is 1. The summed E-state index contributed by atoms with van der Waals surface area (Å²) in [5.41, 5.74) is 2.77. The lowest BCUT2D eigenvalue weighted by Gasteiger charge is -2.22. The number of aromatic nitrogens is 2. The van der Waals surface area contributed by atoms with Crippen LogP contribution in [0.2, 0.25) is 0 Å². The van der Waals surface area contributed by atoms with Gasteiger partial charge in [-0.2, -0.15) is 5.10 Å². The van der Waals surface area contributed by atoms with Crippen LogP contribution >= 0.6 is 0 Å². The van der Waals surface area contributed by atoms with Crippen LogP contribution in [0.25, 0.3) is 0 Å². The van der Waals surface area contributed by atoms with E-state index in [1.54, 1.807) is 27.9 Å². The summed E-state index contributed by atoms with van der Waals surface area (Å²) in [7, 11) is 0. The van der Waals surface area contributed by atoms with Crippen molar-refractivity contribution in [2.24, 2.45) is 0 Å². The summed E-state index contributed by atoms with van der Waals surface area (Å²) >= 11 is 0. The fraction of sp³-hybridized carbons (Fsp3) is 0.375. The Morgan fingerprint density at radius 3 is 2.91 bits per heavy atom. The smallest absolute Gasteiger partial charge is 0.269 e. The number of nitro benzene ring substituents is 1. The van der Waals surface area contributed by atoms with Crippen molar-refractivity contribution in [1.82, 2.24) is 9.78 Å². The average molecular weight is 314 g/mol. The van der Waals surface area contributed by atoms with E-state index in [2.05, 4.69) is 5.10 Å². The number of aryl methyl sites for hydroxylation is 2. The maximum absolute atomic E-state index is 12.6. The molecule has 120 valence electrons. The number of fused-ring (bicyclic) bond motifs is 1. The highest BCUT2D eigenvalue weighted by Crippen LogP contribution is 2.35. The molecule has 1 aromatic heterocycles. The Kier molecular flexibility index (Phi) is 3.85. The summed E-state index contributed by atoms with van der Waals surface area (Å²) in [5.74, 6) is 0.0123. The van der Waals surface area contributed by atoms with Crippen LogP contribution in [0.15, 0.2) is 30.6 Å². The molecule has 0 radical (unpaired) electrons. The fourth-order valence-corrected chi connectivity index (χ4v) is 3.03. The molecule has 1 aliphatic heterocycles. The minimum atomic E-state index is -0.407. The Labute approximate surface area is 133 Å². The molecule has 1 amide bonds. The molecule has 2 aromatic rings. The van der Waals surface area contributed by atoms with Gasteiger partial charge in [0.2, 0.25) is 5.91 Å². The predicted octanol–water partition coefficient (Wildman–Crippen LogP) is 2.47. The lowest BCUT2D eigenvalue weighted by atomic mass is 10.1. The summed E-state index contributed by atoms with van der Waals surface area (Å²) in [5, 5.41) is 15.1. The number of hydrogen-bond donors (Lipinski definition) is 0. The Bertz CT molecular complexity index is 768. The normalized spacial score (nSPS) is 16.4. The van der Waals surface area contributed by atoms with E-state index < -0.39 is 4.92 Å². The molecule has 0 aliphatic carbocycles. The third-order valence-corrected chi connectivity index (χ3v) is 4.08. The molecule has 0 N–H and O–H groups in total. The number of nitro groups is 1. The molecular weight excluding hydrogens is 296 g/mol. The van der Waals surface area contributed by atoms with Crippen LogP contribution < -0.4 is 4.90 Å². The number of benzene rings is 1. The van der Waals surface area contributed by atoms with Crippen molar-refractivity contribution in [2.75, 3.05) is 4.90 Å². The molecule has 1 aliphatic rings. The van der Waals surface area contributed by atoms with Gasteiger partial charge in [0.15, 0.2) is 0 Å². The van der Waals surface area contributed by atoms with Gasteiger partial charge in [0.05, 0.1) is 11.1 Å². The molecule has 23 heavy (non-hydrogen) atoms. The molecule has 0 fully saturated rings. The van der Waals surface area contributed by atoms with E-state index in [9.17, 15) is 14.9 Å². The number of anilines is 1. The maximum atomic E-state index is 12.6. The van der Waals surface area contributed by atoms with Crippen LogP contribution in [0.3, 0.4) is 0 Å². The quantitative estimate of drug-likeness (QED) is 0.641. The SMILES string of the molecule is Cc1cnn(CCC(=O)N2c3ccc([N+](=O)[O-])cc3CC2C)c1. The first-order chi connectivity index (χ1) is 11.0. The second-order valence-corrected chi connectivity index (χ2v) is 5.92. The lowest BCUT2D eigenvalue weighted by Crippen LogP contribution is -2.36. The van der Waals surface area contributed by atoms with Crippen molar-refractivity contribution in [1.29, 1.82) is 0 Å². The van der Waals surface area contributed by atoms with Crippen LogP contribution in [-0.2, 0) is 17.8 Å². The summed E-state index contributed by atoms with van der Waals surface area (Å²) in [6.45, 7) is 4.44. The van der Waals surface area contributed by atoms with E-state index in [1.165, 1.54) is 6.07 Å². The molecule has 0 saturated heterocycles. The molecule has 7 nitrogen and oxygen atoms in total. The number of carbonyl (C=O) groups is 1. The Morgan fingerprint density at radius 1 is 1.48 bits per heavy atom. The molecule has 2 heterocycles. The largest absolute Gasteiger partial charge is 0.309 e. The first-order valence-corrected chi connectivity index (χ1v) is 7.54. The molecule has 1 unspecified atom stereocenters. The van der Waals surface area contributed by atoms with Crippen molar-refractivity contribution < 1.29 is 9.72 Å². The van der Waals surface area contributed by atoms with Gasteiger partial charge >= 0.3 is 0 Å². The monoisotopic (exact) mass is 314 g/mol. The molecule has 0 bridgehead atoms. The number of nitrogens with zero attached hydrogens (tertiary/aromatic N) is 4. The molecule has 0 saturated carbocycles. The summed E-state index contributed by atoms with van der Waals surface area (Å²) < 4.78 is 1.75. The molecule has 3 rings (SSSR count). The van der Waals surface area contributed by atoms with Crippen molar-refractivity contribution >= 4 is 17.3 Å². The fourth-order valence-electron chi connectivity index (χ4n) is 3.03. The Hall–Kier alpha value is -2.70. The van der Waals surface area contributed by atoms with E-state index in [0.29, 0.717) is 19.4 Å². The third-order valence-electron chi connectivity index (χ3n) is 4.08. The molecule has 7 heteroatoms. The van der Waals surface area contributed by atoms with Crippen molar-refractivity contribution in [2.45, 2.75) is 39.3 Å². The first-order valence-electron chi connectivity index (χ1n) is 7.54. The van der Waals surface area contributed by atoms with Crippen LogP contribution in [0.1, 0.15) is 24.5 Å². The summed E-state index contributed by atoms with van der Waals surface area (Å²) in [6.07, 6.45) is 4.65. The highest BCUT2D eigenvalue weighted by molar-refractivity contribution is 5.96. The standard InChI is InChI=1S/C16H18N4O3/c1-11-9-17-18(10-11)6-5-16(21)19-12(2)7-13-8-14(20(22)23)3-4-15(13)19/h3-4,8-10,12H,5-7H2,1-2H3. The van der Waals surface area contributed by atoms with Crippen LogP contribution in [-0.4, -0.2) is 26.7 Å². The zero-order valence-corrected chi connectivity index (χ0v) is 13.1. The highest BCUT2D eigenvalue weighted by Gasteiger charge is 2.31. The molecule has 0 spiro atoms. The number of hydrogen-bond acceptors (Lipinski definition) is 4. The van der Waals surface area contributed by atoms with Gasteiger partial charge in [-0.05, 0) is 37.5 Å². The van der Waals surface area contributed by atoms with Crippen LogP contribution in [0.5, 0.6) is 0 Å².